The summed E-state index contributed by atoms with van der Waals surface area (Å²) < 4.78 is 26.0. The third-order valence-electron chi connectivity index (χ3n) is 4.30. The Bertz CT molecular complexity index is 1010. The summed E-state index contributed by atoms with van der Waals surface area (Å²) in [5.41, 5.74) is 6.90. The molecule has 1 aliphatic carbocycles. The van der Waals surface area contributed by atoms with Gasteiger partial charge in [-0.05, 0) is 25.0 Å². The largest absolute Gasteiger partial charge is 0.384 e. The van der Waals surface area contributed by atoms with E-state index in [2.05, 4.69) is 15.0 Å². The first-order valence-corrected chi connectivity index (χ1v) is 9.13. The summed E-state index contributed by atoms with van der Waals surface area (Å²) in [6, 6.07) is 8.65. The fourth-order valence-corrected chi connectivity index (χ4v) is 4.38. The molecule has 4 rings (SSSR count). The maximum atomic E-state index is 13.0. The lowest BCUT2D eigenvalue weighted by Gasteiger charge is -2.17. The number of aromatic amines is 1. The number of nitrogens with two attached hydrogens (primary N) is 1. The van der Waals surface area contributed by atoms with Crippen LogP contribution >= 0.6 is 0 Å². The van der Waals surface area contributed by atoms with Crippen LogP contribution in [0.3, 0.4) is 0 Å². The topological polar surface area (TPSA) is 105 Å². The highest BCUT2D eigenvalue weighted by Crippen LogP contribution is 2.37. The van der Waals surface area contributed by atoms with Gasteiger partial charge in [0.1, 0.15) is 28.1 Å². The SMILES string of the molecule is CN(c1ncnc2c(S(=O)(=O)c3ccccc3)c(N)[nH]c12)C1CC1. The lowest BCUT2D eigenvalue weighted by atomic mass is 10.4. The number of nitrogens with one attached hydrogen (secondary N) is 1. The predicted molar refractivity (Wildman–Crippen MR) is 91.6 cm³/mol. The molecule has 24 heavy (non-hydrogen) atoms. The molecule has 0 bridgehead atoms. The summed E-state index contributed by atoms with van der Waals surface area (Å²) in [4.78, 5) is 13.7. The van der Waals surface area contributed by atoms with E-state index in [-0.39, 0.29) is 15.6 Å². The summed E-state index contributed by atoms with van der Waals surface area (Å²) >= 11 is 0. The van der Waals surface area contributed by atoms with Crippen molar-refractivity contribution in [2.75, 3.05) is 17.7 Å². The molecule has 0 radical (unpaired) electrons. The van der Waals surface area contributed by atoms with Crippen molar-refractivity contribution in [1.82, 2.24) is 15.0 Å². The Morgan fingerprint density at radius 2 is 1.92 bits per heavy atom. The number of anilines is 2. The van der Waals surface area contributed by atoms with Crippen LogP contribution in [0.15, 0.2) is 46.5 Å². The molecule has 124 valence electrons. The number of H-pyrrole nitrogens is 1. The van der Waals surface area contributed by atoms with Crippen molar-refractivity contribution in [1.29, 1.82) is 0 Å². The lowest BCUT2D eigenvalue weighted by molar-refractivity contribution is 0.597. The predicted octanol–water partition coefficient (Wildman–Crippen LogP) is 1.97. The number of benzene rings is 1. The van der Waals surface area contributed by atoms with E-state index in [1.54, 1.807) is 30.3 Å². The molecule has 7 nitrogen and oxygen atoms in total. The van der Waals surface area contributed by atoms with Crippen molar-refractivity contribution in [3.8, 4) is 0 Å². The number of fused-ring (bicyclic) bond motifs is 1. The van der Waals surface area contributed by atoms with Gasteiger partial charge in [-0.2, -0.15) is 0 Å². The van der Waals surface area contributed by atoms with Gasteiger partial charge in [0.25, 0.3) is 0 Å². The van der Waals surface area contributed by atoms with E-state index >= 15 is 0 Å². The van der Waals surface area contributed by atoms with Crippen LogP contribution in [-0.4, -0.2) is 36.5 Å². The van der Waals surface area contributed by atoms with Crippen LogP contribution in [0.2, 0.25) is 0 Å². The van der Waals surface area contributed by atoms with Crippen LogP contribution in [0, 0.1) is 0 Å². The molecule has 1 aliphatic rings. The number of hydrogen-bond acceptors (Lipinski definition) is 6. The normalized spacial score (nSPS) is 14.9. The first kappa shape index (κ1) is 14.9. The average molecular weight is 343 g/mol. The number of aromatic nitrogens is 3. The second kappa shape index (κ2) is 5.20. The Balaban J connectivity index is 1.94. The number of hydrogen-bond donors (Lipinski definition) is 2. The van der Waals surface area contributed by atoms with Gasteiger partial charge in [0.2, 0.25) is 9.84 Å². The van der Waals surface area contributed by atoms with Crippen molar-refractivity contribution in [2.24, 2.45) is 0 Å². The minimum Gasteiger partial charge on any atom is -0.384 e. The van der Waals surface area contributed by atoms with Gasteiger partial charge in [-0.25, -0.2) is 18.4 Å². The Morgan fingerprint density at radius 3 is 2.58 bits per heavy atom. The summed E-state index contributed by atoms with van der Waals surface area (Å²) in [6.07, 6.45) is 3.59. The van der Waals surface area contributed by atoms with Crippen molar-refractivity contribution in [3.63, 3.8) is 0 Å². The van der Waals surface area contributed by atoms with Crippen molar-refractivity contribution in [3.05, 3.63) is 36.7 Å². The minimum atomic E-state index is -3.77. The maximum absolute atomic E-state index is 13.0. The first-order valence-electron chi connectivity index (χ1n) is 7.65. The smallest absolute Gasteiger partial charge is 0.212 e. The number of nitrogen functional groups attached to an aromatic ring is 1. The second-order valence-corrected chi connectivity index (χ2v) is 7.83. The summed E-state index contributed by atoms with van der Waals surface area (Å²) in [6.45, 7) is 0. The van der Waals surface area contributed by atoms with Gasteiger partial charge in [0, 0.05) is 13.1 Å². The molecule has 0 unspecified atom stereocenters. The molecule has 0 aliphatic heterocycles. The van der Waals surface area contributed by atoms with E-state index in [1.807, 2.05) is 11.9 Å². The monoisotopic (exact) mass is 343 g/mol. The molecule has 8 heteroatoms. The van der Waals surface area contributed by atoms with E-state index in [0.29, 0.717) is 22.9 Å². The standard InChI is InChI=1S/C16H17N5O2S/c1-21(10-7-8-10)16-13-12(18-9-19-16)14(15(17)20-13)24(22,23)11-5-3-2-4-6-11/h2-6,9-10,20H,7-8,17H2,1H3. The molecule has 0 amide bonds. The molecule has 2 aromatic heterocycles. The molecule has 3 N–H and O–H groups in total. The van der Waals surface area contributed by atoms with Gasteiger partial charge < -0.3 is 15.6 Å². The first-order chi connectivity index (χ1) is 11.5. The third-order valence-corrected chi connectivity index (χ3v) is 6.14. The molecule has 3 aromatic rings. The number of sulfone groups is 1. The van der Waals surface area contributed by atoms with Gasteiger partial charge in [-0.1, -0.05) is 18.2 Å². The third kappa shape index (κ3) is 2.22. The molecular weight excluding hydrogens is 326 g/mol. The fourth-order valence-electron chi connectivity index (χ4n) is 2.87. The summed E-state index contributed by atoms with van der Waals surface area (Å²) in [5.74, 6) is 0.753. The zero-order valence-electron chi connectivity index (χ0n) is 13.1. The Morgan fingerprint density at radius 1 is 1.21 bits per heavy atom. The van der Waals surface area contributed by atoms with Crippen LogP contribution in [0.4, 0.5) is 11.6 Å². The molecule has 1 aromatic carbocycles. The van der Waals surface area contributed by atoms with Crippen molar-refractivity contribution < 1.29 is 8.42 Å². The molecule has 2 heterocycles. The van der Waals surface area contributed by atoms with Crippen LogP contribution in [0.1, 0.15) is 12.8 Å². The Hall–Kier alpha value is -2.61. The van der Waals surface area contributed by atoms with E-state index < -0.39 is 9.84 Å². The van der Waals surface area contributed by atoms with Gasteiger partial charge in [0.15, 0.2) is 5.82 Å². The Labute approximate surface area is 139 Å². The second-order valence-electron chi connectivity index (χ2n) is 5.95. The lowest BCUT2D eigenvalue weighted by Crippen LogP contribution is -2.21. The maximum Gasteiger partial charge on any atom is 0.212 e. The molecule has 0 spiro atoms. The van der Waals surface area contributed by atoms with Gasteiger partial charge in [-0.15, -0.1) is 0 Å². The van der Waals surface area contributed by atoms with E-state index in [4.69, 9.17) is 5.73 Å². The summed E-state index contributed by atoms with van der Waals surface area (Å²) in [5, 5.41) is 0. The molecule has 1 saturated carbocycles. The van der Waals surface area contributed by atoms with E-state index in [9.17, 15) is 8.42 Å². The van der Waals surface area contributed by atoms with Crippen LogP contribution < -0.4 is 10.6 Å². The van der Waals surface area contributed by atoms with Gasteiger partial charge in [-0.3, -0.25) is 0 Å². The quantitative estimate of drug-likeness (QED) is 0.750. The number of rotatable bonds is 4. The molecule has 1 fully saturated rings. The highest BCUT2D eigenvalue weighted by atomic mass is 32.2. The average Bonchev–Trinajstić information content (AvgIpc) is 3.36. The zero-order chi connectivity index (χ0) is 16.9. The van der Waals surface area contributed by atoms with Crippen molar-refractivity contribution >= 4 is 32.5 Å². The van der Waals surface area contributed by atoms with E-state index in [1.165, 1.54) is 6.33 Å². The van der Waals surface area contributed by atoms with Crippen LogP contribution in [0.25, 0.3) is 11.0 Å². The number of nitrogens with zero attached hydrogens (tertiary/aromatic N) is 3. The summed E-state index contributed by atoms with van der Waals surface area (Å²) in [7, 11) is -1.82. The van der Waals surface area contributed by atoms with Gasteiger partial charge >= 0.3 is 0 Å². The Kier molecular flexibility index (Phi) is 3.24. The molecule has 0 saturated heterocycles. The van der Waals surface area contributed by atoms with Crippen molar-refractivity contribution in [2.45, 2.75) is 28.7 Å². The van der Waals surface area contributed by atoms with Gasteiger partial charge in [0.05, 0.1) is 4.90 Å². The minimum absolute atomic E-state index is 0.0107. The fraction of sp³-hybridized carbons (Fsp3) is 0.250. The molecular formula is C16H17N5O2S. The van der Waals surface area contributed by atoms with Crippen LogP contribution in [-0.2, 0) is 9.84 Å². The zero-order valence-corrected chi connectivity index (χ0v) is 13.9. The van der Waals surface area contributed by atoms with Crippen LogP contribution in [0.5, 0.6) is 0 Å². The highest BCUT2D eigenvalue weighted by molar-refractivity contribution is 7.92. The van der Waals surface area contributed by atoms with E-state index in [0.717, 1.165) is 12.8 Å². The molecule has 0 atom stereocenters. The highest BCUT2D eigenvalue weighted by Gasteiger charge is 2.31.